The maximum atomic E-state index is 5.56. The summed E-state index contributed by atoms with van der Waals surface area (Å²) in [4.78, 5) is 8.06. The molecule has 0 atom stereocenters. The zero-order valence-electron chi connectivity index (χ0n) is 9.12. The fourth-order valence-corrected chi connectivity index (χ4v) is 1.71. The van der Waals surface area contributed by atoms with Crippen LogP contribution in [0.5, 0.6) is 0 Å². The number of nitrogens with zero attached hydrogens (tertiary/aromatic N) is 4. The molecular formula is C12H7BrN4O. The van der Waals surface area contributed by atoms with E-state index in [1.165, 1.54) is 0 Å². The third-order valence-electron chi connectivity index (χ3n) is 2.30. The van der Waals surface area contributed by atoms with Crippen molar-refractivity contribution in [2.75, 3.05) is 0 Å². The van der Waals surface area contributed by atoms with Crippen molar-refractivity contribution >= 4 is 15.9 Å². The molecule has 0 saturated carbocycles. The van der Waals surface area contributed by atoms with Crippen LogP contribution in [0.25, 0.3) is 23.0 Å². The average molecular weight is 303 g/mol. The summed E-state index contributed by atoms with van der Waals surface area (Å²) in [6, 6.07) is 7.64. The van der Waals surface area contributed by atoms with Crippen molar-refractivity contribution in [3.8, 4) is 23.0 Å². The summed E-state index contributed by atoms with van der Waals surface area (Å²) in [6.07, 6.45) is 4.76. The van der Waals surface area contributed by atoms with Gasteiger partial charge in [0.25, 0.3) is 5.89 Å². The van der Waals surface area contributed by atoms with E-state index in [0.717, 1.165) is 10.0 Å². The lowest BCUT2D eigenvalue weighted by molar-refractivity contribution is 0.581. The van der Waals surface area contributed by atoms with Gasteiger partial charge in [-0.2, -0.15) is 0 Å². The van der Waals surface area contributed by atoms with E-state index in [2.05, 4.69) is 36.1 Å². The van der Waals surface area contributed by atoms with Gasteiger partial charge < -0.3 is 4.42 Å². The molecule has 3 aromatic rings. The fraction of sp³-hybridized carbons (Fsp3) is 0. The standard InChI is InChI=1S/C12H7BrN4O/c13-9-3-1-8(2-4-9)11-16-17-12(18-11)10-7-14-5-6-15-10/h1-7H. The van der Waals surface area contributed by atoms with Crippen LogP contribution in [-0.4, -0.2) is 20.2 Å². The Morgan fingerprint density at radius 3 is 2.44 bits per heavy atom. The second-order valence-electron chi connectivity index (χ2n) is 3.51. The van der Waals surface area contributed by atoms with Crippen molar-refractivity contribution in [2.45, 2.75) is 0 Å². The van der Waals surface area contributed by atoms with Crippen LogP contribution in [0.4, 0.5) is 0 Å². The van der Waals surface area contributed by atoms with Crippen molar-refractivity contribution in [2.24, 2.45) is 0 Å². The quantitative estimate of drug-likeness (QED) is 0.728. The van der Waals surface area contributed by atoms with Gasteiger partial charge in [-0.15, -0.1) is 10.2 Å². The lowest BCUT2D eigenvalue weighted by Gasteiger charge is -1.94. The molecule has 2 heterocycles. The highest BCUT2D eigenvalue weighted by atomic mass is 79.9. The van der Waals surface area contributed by atoms with Crippen LogP contribution in [0.1, 0.15) is 0 Å². The van der Waals surface area contributed by atoms with E-state index in [9.17, 15) is 0 Å². The maximum Gasteiger partial charge on any atom is 0.268 e. The maximum absolute atomic E-state index is 5.56. The van der Waals surface area contributed by atoms with Crippen LogP contribution >= 0.6 is 15.9 Å². The van der Waals surface area contributed by atoms with Gasteiger partial charge in [0.1, 0.15) is 5.69 Å². The van der Waals surface area contributed by atoms with E-state index < -0.39 is 0 Å². The van der Waals surface area contributed by atoms with Crippen LogP contribution in [0.3, 0.4) is 0 Å². The van der Waals surface area contributed by atoms with Crippen LogP contribution in [0.15, 0.2) is 51.7 Å². The Morgan fingerprint density at radius 1 is 0.944 bits per heavy atom. The second kappa shape index (κ2) is 4.66. The summed E-state index contributed by atoms with van der Waals surface area (Å²) in [5, 5.41) is 7.95. The molecule has 0 aliphatic heterocycles. The molecule has 3 rings (SSSR count). The summed E-state index contributed by atoms with van der Waals surface area (Å²) in [5.74, 6) is 0.823. The molecule has 88 valence electrons. The van der Waals surface area contributed by atoms with E-state index in [1.807, 2.05) is 24.3 Å². The molecule has 0 radical (unpaired) electrons. The van der Waals surface area contributed by atoms with Gasteiger partial charge in [-0.05, 0) is 24.3 Å². The number of rotatable bonds is 2. The normalized spacial score (nSPS) is 10.5. The number of halogens is 1. The third kappa shape index (κ3) is 2.14. The molecule has 0 spiro atoms. The number of hydrogen-bond acceptors (Lipinski definition) is 5. The van der Waals surface area contributed by atoms with Gasteiger partial charge >= 0.3 is 0 Å². The van der Waals surface area contributed by atoms with Gasteiger partial charge in [-0.3, -0.25) is 4.98 Å². The molecule has 6 heteroatoms. The van der Waals surface area contributed by atoms with Gasteiger partial charge in [0.05, 0.1) is 6.20 Å². The van der Waals surface area contributed by atoms with E-state index in [1.54, 1.807) is 18.6 Å². The largest absolute Gasteiger partial charge is 0.415 e. The van der Waals surface area contributed by atoms with E-state index in [0.29, 0.717) is 17.5 Å². The second-order valence-corrected chi connectivity index (χ2v) is 4.43. The highest BCUT2D eigenvalue weighted by Gasteiger charge is 2.11. The number of aromatic nitrogens is 4. The van der Waals surface area contributed by atoms with Crippen molar-refractivity contribution in [1.29, 1.82) is 0 Å². The molecule has 1 aromatic carbocycles. The summed E-state index contributed by atoms with van der Waals surface area (Å²) >= 11 is 3.38. The molecule has 0 bridgehead atoms. The van der Waals surface area contributed by atoms with E-state index >= 15 is 0 Å². The lowest BCUT2D eigenvalue weighted by Crippen LogP contribution is -1.83. The Hall–Kier alpha value is -2.08. The zero-order valence-corrected chi connectivity index (χ0v) is 10.7. The minimum absolute atomic E-state index is 0.362. The fourth-order valence-electron chi connectivity index (χ4n) is 1.45. The Labute approximate surface area is 111 Å². The monoisotopic (exact) mass is 302 g/mol. The minimum atomic E-state index is 0.362. The van der Waals surface area contributed by atoms with Gasteiger partial charge in [-0.25, -0.2) is 4.98 Å². The van der Waals surface area contributed by atoms with Crippen LogP contribution < -0.4 is 0 Å². The first-order valence-corrected chi connectivity index (χ1v) is 5.98. The first-order valence-electron chi connectivity index (χ1n) is 5.19. The van der Waals surface area contributed by atoms with E-state index in [4.69, 9.17) is 4.42 Å². The molecule has 2 aromatic heterocycles. The molecule has 0 aliphatic rings. The topological polar surface area (TPSA) is 64.7 Å². The van der Waals surface area contributed by atoms with Crippen molar-refractivity contribution < 1.29 is 4.42 Å². The van der Waals surface area contributed by atoms with Crippen molar-refractivity contribution in [3.05, 3.63) is 47.3 Å². The predicted molar refractivity (Wildman–Crippen MR) is 68.5 cm³/mol. The Morgan fingerprint density at radius 2 is 1.72 bits per heavy atom. The third-order valence-corrected chi connectivity index (χ3v) is 2.83. The lowest BCUT2D eigenvalue weighted by atomic mass is 10.2. The summed E-state index contributed by atoms with van der Waals surface area (Å²) in [5.41, 5.74) is 1.43. The molecule has 18 heavy (non-hydrogen) atoms. The van der Waals surface area contributed by atoms with Gasteiger partial charge in [0, 0.05) is 22.4 Å². The van der Waals surface area contributed by atoms with Crippen LogP contribution in [0, 0.1) is 0 Å². The summed E-state index contributed by atoms with van der Waals surface area (Å²) in [7, 11) is 0. The smallest absolute Gasteiger partial charge is 0.268 e. The average Bonchev–Trinajstić information content (AvgIpc) is 2.90. The van der Waals surface area contributed by atoms with Crippen LogP contribution in [-0.2, 0) is 0 Å². The Kier molecular flexibility index (Phi) is 2.85. The predicted octanol–water partition coefficient (Wildman–Crippen LogP) is 2.96. The molecule has 0 N–H and O–H groups in total. The first kappa shape index (κ1) is 11.0. The highest BCUT2D eigenvalue weighted by molar-refractivity contribution is 9.10. The number of hydrogen-bond donors (Lipinski definition) is 0. The summed E-state index contributed by atoms with van der Waals surface area (Å²) in [6.45, 7) is 0. The van der Waals surface area contributed by atoms with Crippen molar-refractivity contribution in [3.63, 3.8) is 0 Å². The molecule has 0 fully saturated rings. The molecular weight excluding hydrogens is 296 g/mol. The number of benzene rings is 1. The van der Waals surface area contributed by atoms with Gasteiger partial charge in [-0.1, -0.05) is 15.9 Å². The Bertz CT molecular complexity index is 651. The first-order chi connectivity index (χ1) is 8.83. The van der Waals surface area contributed by atoms with E-state index in [-0.39, 0.29) is 0 Å². The molecule has 5 nitrogen and oxygen atoms in total. The molecule has 0 aliphatic carbocycles. The zero-order chi connectivity index (χ0) is 12.4. The van der Waals surface area contributed by atoms with Crippen LogP contribution in [0.2, 0.25) is 0 Å². The minimum Gasteiger partial charge on any atom is -0.415 e. The Balaban J connectivity index is 1.97. The highest BCUT2D eigenvalue weighted by Crippen LogP contribution is 2.23. The molecule has 0 amide bonds. The summed E-state index contributed by atoms with van der Waals surface area (Å²) < 4.78 is 6.56. The van der Waals surface area contributed by atoms with Crippen molar-refractivity contribution in [1.82, 2.24) is 20.2 Å². The SMILES string of the molecule is Brc1ccc(-c2nnc(-c3cnccn3)o2)cc1. The molecule has 0 unspecified atom stereocenters. The van der Waals surface area contributed by atoms with Gasteiger partial charge in [0.15, 0.2) is 0 Å². The molecule has 0 saturated heterocycles. The van der Waals surface area contributed by atoms with Gasteiger partial charge in [0.2, 0.25) is 5.89 Å².